The Kier molecular flexibility index (Phi) is 10.1. The molecule has 242 valence electrons. The number of unbranched alkanes of at least 4 members (excludes halogenated alkanes) is 3. The lowest BCUT2D eigenvalue weighted by Crippen LogP contribution is -2.12. The van der Waals surface area contributed by atoms with Crippen LogP contribution in [0.25, 0.3) is 50.4 Å². The Bertz CT molecular complexity index is 1900. The number of carbonyl (C=O) groups is 1. The number of aryl methyl sites for hydroxylation is 3. The van der Waals surface area contributed by atoms with Crippen LogP contribution in [0.2, 0.25) is 0 Å². The zero-order chi connectivity index (χ0) is 33.1. The number of rotatable bonds is 12. The van der Waals surface area contributed by atoms with Gasteiger partial charge in [0.15, 0.2) is 0 Å². The Morgan fingerprint density at radius 3 is 2.20 bits per heavy atom. The van der Waals surface area contributed by atoms with E-state index in [0.29, 0.717) is 13.0 Å². The van der Waals surface area contributed by atoms with Gasteiger partial charge in [0.05, 0.1) is 28.9 Å². The van der Waals surface area contributed by atoms with E-state index in [9.17, 15) is 9.90 Å². The van der Waals surface area contributed by atoms with Crippen molar-refractivity contribution in [3.8, 4) is 0 Å². The molecule has 0 saturated carbocycles. The smallest absolute Gasteiger partial charge is 0.303 e. The second kappa shape index (κ2) is 14.0. The van der Waals surface area contributed by atoms with Gasteiger partial charge in [0.2, 0.25) is 0 Å². The summed E-state index contributed by atoms with van der Waals surface area (Å²) in [6.45, 7) is 19.7. The van der Waals surface area contributed by atoms with Gasteiger partial charge in [-0.25, -0.2) is 9.97 Å². The van der Waals surface area contributed by atoms with Crippen molar-refractivity contribution in [2.45, 2.75) is 99.5 Å². The number of fused-ring (bicyclic) bond motifs is 8. The van der Waals surface area contributed by atoms with Gasteiger partial charge in [-0.1, -0.05) is 45.8 Å². The normalized spacial score (nSPS) is 13.9. The van der Waals surface area contributed by atoms with E-state index in [2.05, 4.69) is 89.3 Å². The summed E-state index contributed by atoms with van der Waals surface area (Å²) in [6.07, 6.45) is 7.66. The van der Waals surface area contributed by atoms with Crippen molar-refractivity contribution in [1.82, 2.24) is 19.9 Å². The first kappa shape index (κ1) is 33.1. The lowest BCUT2D eigenvalue weighted by atomic mass is 10.0. The molecule has 0 aromatic carbocycles. The molecule has 7 heteroatoms. The van der Waals surface area contributed by atoms with Gasteiger partial charge in [-0.3, -0.25) is 4.79 Å². The molecule has 3 aromatic heterocycles. The fourth-order valence-corrected chi connectivity index (χ4v) is 6.80. The van der Waals surface area contributed by atoms with E-state index in [4.69, 9.17) is 14.7 Å². The van der Waals surface area contributed by atoms with Crippen LogP contribution in [0.1, 0.15) is 118 Å². The number of H-pyrrole nitrogens is 2. The van der Waals surface area contributed by atoms with Crippen molar-refractivity contribution in [3.63, 3.8) is 0 Å². The summed E-state index contributed by atoms with van der Waals surface area (Å²) in [7, 11) is 0. The molecule has 0 spiro atoms. The lowest BCUT2D eigenvalue weighted by molar-refractivity contribution is -0.136. The molecule has 7 nitrogen and oxygen atoms in total. The molecule has 0 saturated heterocycles. The number of ether oxygens (including phenoxy) is 1. The van der Waals surface area contributed by atoms with Gasteiger partial charge in [0.25, 0.3) is 0 Å². The van der Waals surface area contributed by atoms with Crippen LogP contribution in [-0.4, -0.2) is 43.7 Å². The highest BCUT2D eigenvalue weighted by Gasteiger charge is 2.24. The van der Waals surface area contributed by atoms with E-state index in [0.717, 1.165) is 103 Å². The van der Waals surface area contributed by atoms with Gasteiger partial charge in [-0.15, -0.1) is 0 Å². The SMILES string of the molecule is C=Cc1c(C)c2cc3nc(cc4[nH]c(cc5nc(cc1[nH]2)C(C)=C5C(C)OCCCCCC)c(C)c4CCC(=O)O)C(CC)=C3C. The lowest BCUT2D eigenvalue weighted by Gasteiger charge is -2.16. The Balaban J connectivity index is 1.83. The third kappa shape index (κ3) is 6.52. The molecule has 1 atom stereocenters. The Hall–Kier alpha value is -4.23. The van der Waals surface area contributed by atoms with Crippen molar-refractivity contribution in [1.29, 1.82) is 0 Å². The molecular weight excluding hydrogens is 572 g/mol. The Morgan fingerprint density at radius 2 is 1.50 bits per heavy atom. The van der Waals surface area contributed by atoms with Crippen LogP contribution in [0.5, 0.6) is 0 Å². The quantitative estimate of drug-likeness (QED) is 0.175. The first-order chi connectivity index (χ1) is 22.1. The number of hydrogen-bond acceptors (Lipinski definition) is 4. The van der Waals surface area contributed by atoms with E-state index in [1.807, 2.05) is 6.08 Å². The largest absolute Gasteiger partial charge is 0.481 e. The molecule has 0 amide bonds. The first-order valence-electron chi connectivity index (χ1n) is 16.7. The Morgan fingerprint density at radius 1 is 0.870 bits per heavy atom. The number of carboxylic acids is 1. The number of aromatic amines is 2. The summed E-state index contributed by atoms with van der Waals surface area (Å²) in [5, 5.41) is 9.57. The molecule has 0 radical (unpaired) electrons. The number of aliphatic carboxylic acids is 1. The highest BCUT2D eigenvalue weighted by atomic mass is 16.5. The maximum Gasteiger partial charge on any atom is 0.303 e. The number of allylic oxidation sites excluding steroid dienone is 3. The van der Waals surface area contributed by atoms with Gasteiger partial charge in [0.1, 0.15) is 0 Å². The van der Waals surface area contributed by atoms with Gasteiger partial charge in [-0.05, 0) is 112 Å². The van der Waals surface area contributed by atoms with E-state index >= 15 is 0 Å². The van der Waals surface area contributed by atoms with Gasteiger partial charge >= 0.3 is 5.97 Å². The third-order valence-corrected chi connectivity index (χ3v) is 9.55. The standard InChI is InChI=1S/C39H48N4O3/c1-9-12-13-14-17-46-26(8)39-25(7)33-19-34-27(10-2)22(4)30(40-34)18-31-23(5)28(11-3)35(41-31)21-36-29(15-16-38(44)45)24(6)32(42-36)20-37(39)43-33/h10,18-21,26,40,42H,2,9,11-17H2,1,3-8H3,(H,44,45). The monoisotopic (exact) mass is 620 g/mol. The summed E-state index contributed by atoms with van der Waals surface area (Å²) < 4.78 is 6.41. The number of carboxylic acid groups (broad SMARTS) is 1. The van der Waals surface area contributed by atoms with Gasteiger partial charge < -0.3 is 19.8 Å². The zero-order valence-corrected chi connectivity index (χ0v) is 28.5. The van der Waals surface area contributed by atoms with Crippen LogP contribution >= 0.6 is 0 Å². The molecule has 3 aromatic rings. The number of nitrogens with zero attached hydrogens (tertiary/aromatic N) is 2. The van der Waals surface area contributed by atoms with Crippen LogP contribution < -0.4 is 0 Å². The zero-order valence-electron chi connectivity index (χ0n) is 28.5. The molecule has 5 heterocycles. The third-order valence-electron chi connectivity index (χ3n) is 9.55. The van der Waals surface area contributed by atoms with Crippen molar-refractivity contribution < 1.29 is 14.6 Å². The summed E-state index contributed by atoms with van der Waals surface area (Å²) in [5.74, 6) is -0.816. The number of hydrogen-bond donors (Lipinski definition) is 3. The number of nitrogens with one attached hydrogen (secondary N) is 2. The summed E-state index contributed by atoms with van der Waals surface area (Å²) in [6, 6.07) is 8.43. The molecule has 5 rings (SSSR count). The fourth-order valence-electron chi connectivity index (χ4n) is 6.80. The van der Waals surface area contributed by atoms with E-state index in [1.165, 1.54) is 18.4 Å². The van der Waals surface area contributed by atoms with E-state index in [1.54, 1.807) is 0 Å². The number of aromatic nitrogens is 4. The fraction of sp³-hybridized carbons (Fsp3) is 0.410. The molecule has 0 aliphatic carbocycles. The van der Waals surface area contributed by atoms with Crippen molar-refractivity contribution in [2.75, 3.05) is 6.61 Å². The molecular formula is C39H48N4O3. The first-order valence-corrected chi connectivity index (χ1v) is 16.7. The average molecular weight is 621 g/mol. The van der Waals surface area contributed by atoms with Crippen molar-refractivity contribution >= 4 is 56.4 Å². The minimum atomic E-state index is -0.816. The summed E-state index contributed by atoms with van der Waals surface area (Å²) in [4.78, 5) is 29.2. The van der Waals surface area contributed by atoms with E-state index in [-0.39, 0.29) is 12.5 Å². The maximum atomic E-state index is 11.7. The second-order valence-electron chi connectivity index (χ2n) is 12.6. The molecule has 2 aliphatic heterocycles. The molecule has 8 bridgehead atoms. The predicted molar refractivity (Wildman–Crippen MR) is 191 cm³/mol. The predicted octanol–water partition coefficient (Wildman–Crippen LogP) is 9.85. The van der Waals surface area contributed by atoms with Crippen LogP contribution in [0.15, 0.2) is 30.8 Å². The van der Waals surface area contributed by atoms with Crippen molar-refractivity contribution in [3.05, 3.63) is 75.9 Å². The molecule has 0 fully saturated rings. The molecule has 2 aliphatic rings. The van der Waals surface area contributed by atoms with Crippen LogP contribution in [0.4, 0.5) is 0 Å². The average Bonchev–Trinajstić information content (AvgIpc) is 3.68. The maximum absolute atomic E-state index is 11.7. The van der Waals surface area contributed by atoms with Crippen LogP contribution in [0, 0.1) is 13.8 Å². The van der Waals surface area contributed by atoms with Crippen molar-refractivity contribution in [2.24, 2.45) is 0 Å². The molecule has 1 unspecified atom stereocenters. The minimum absolute atomic E-state index is 0.0486. The molecule has 3 N–H and O–H groups in total. The van der Waals surface area contributed by atoms with Gasteiger partial charge in [0, 0.05) is 46.2 Å². The highest BCUT2D eigenvalue weighted by Crippen LogP contribution is 2.37. The summed E-state index contributed by atoms with van der Waals surface area (Å²) >= 11 is 0. The topological polar surface area (TPSA) is 104 Å². The highest BCUT2D eigenvalue weighted by molar-refractivity contribution is 5.96. The summed E-state index contributed by atoms with van der Waals surface area (Å²) in [5.41, 5.74) is 15.9. The van der Waals surface area contributed by atoms with Gasteiger partial charge in [-0.2, -0.15) is 0 Å². The minimum Gasteiger partial charge on any atom is -0.481 e. The molecule has 46 heavy (non-hydrogen) atoms. The van der Waals surface area contributed by atoms with E-state index < -0.39 is 5.97 Å². The van der Waals surface area contributed by atoms with Crippen LogP contribution in [0.3, 0.4) is 0 Å². The van der Waals surface area contributed by atoms with Crippen LogP contribution in [-0.2, 0) is 16.0 Å². The second-order valence-corrected chi connectivity index (χ2v) is 12.6. The Labute approximate surface area is 272 Å².